The summed E-state index contributed by atoms with van der Waals surface area (Å²) < 4.78 is 28.1. The molecule has 0 bridgehead atoms. The van der Waals surface area contributed by atoms with E-state index in [2.05, 4.69) is 29.8 Å². The summed E-state index contributed by atoms with van der Waals surface area (Å²) in [5, 5.41) is 0. The van der Waals surface area contributed by atoms with Gasteiger partial charge in [0.1, 0.15) is 0 Å². The average Bonchev–Trinajstić information content (AvgIpc) is 3.03. The van der Waals surface area contributed by atoms with Gasteiger partial charge in [0, 0.05) is 17.5 Å². The summed E-state index contributed by atoms with van der Waals surface area (Å²) in [6.07, 6.45) is 2.92. The Labute approximate surface area is 128 Å². The van der Waals surface area contributed by atoms with Crippen LogP contribution < -0.4 is 0 Å². The summed E-state index contributed by atoms with van der Waals surface area (Å²) in [7, 11) is -3.33. The molecule has 0 spiro atoms. The Hall–Kier alpha value is 0.0900. The van der Waals surface area contributed by atoms with Gasteiger partial charge in [-0.25, -0.2) is 8.42 Å². The van der Waals surface area contributed by atoms with Crippen LogP contribution in [-0.4, -0.2) is 25.3 Å². The molecular weight excluding hydrogens is 346 g/mol. The number of sulfonamides is 1. The van der Waals surface area contributed by atoms with Gasteiger partial charge in [-0.2, -0.15) is 4.31 Å². The molecule has 0 N–H and O–H groups in total. The zero-order chi connectivity index (χ0) is 14.2. The van der Waals surface area contributed by atoms with E-state index >= 15 is 0 Å². The van der Waals surface area contributed by atoms with Crippen molar-refractivity contribution in [3.63, 3.8) is 0 Å². The van der Waals surface area contributed by atoms with E-state index in [1.54, 1.807) is 10.4 Å². The maximum Gasteiger partial charge on any atom is 0.244 e. The molecule has 0 amide bonds. The van der Waals surface area contributed by atoms with Crippen molar-refractivity contribution in [1.82, 2.24) is 4.31 Å². The molecule has 0 aliphatic heterocycles. The second-order valence-electron chi connectivity index (χ2n) is 5.50. The summed E-state index contributed by atoms with van der Waals surface area (Å²) >= 11 is 4.86. The van der Waals surface area contributed by atoms with Gasteiger partial charge in [-0.1, -0.05) is 13.8 Å². The lowest BCUT2D eigenvalue weighted by atomic mass is 10.1. The summed E-state index contributed by atoms with van der Waals surface area (Å²) in [6.45, 7) is 6.77. The van der Waals surface area contributed by atoms with Gasteiger partial charge in [0.2, 0.25) is 10.0 Å². The van der Waals surface area contributed by atoms with Crippen LogP contribution in [0.4, 0.5) is 0 Å². The molecule has 6 heteroatoms. The number of halogens is 1. The largest absolute Gasteiger partial charge is 0.244 e. The van der Waals surface area contributed by atoms with Crippen molar-refractivity contribution in [2.24, 2.45) is 5.92 Å². The maximum atomic E-state index is 12.8. The molecule has 2 rings (SSSR count). The standard InChI is InChI=1S/C13H20BrNO2S2/c1-9(2)6-7-15(11-4-5-11)19(16,17)12-8-13(14)18-10(12)3/h8-9,11H,4-7H2,1-3H3. The van der Waals surface area contributed by atoms with Gasteiger partial charge in [0.15, 0.2) is 0 Å². The minimum Gasteiger partial charge on any atom is -0.207 e. The number of hydrogen-bond acceptors (Lipinski definition) is 3. The molecule has 1 aromatic heterocycles. The zero-order valence-electron chi connectivity index (χ0n) is 11.5. The number of hydrogen-bond donors (Lipinski definition) is 0. The molecule has 0 saturated heterocycles. The molecule has 0 unspecified atom stereocenters. The molecule has 19 heavy (non-hydrogen) atoms. The van der Waals surface area contributed by atoms with Gasteiger partial charge in [0.25, 0.3) is 0 Å². The Balaban J connectivity index is 2.26. The molecule has 1 fully saturated rings. The Kier molecular flexibility index (Phi) is 4.75. The maximum absolute atomic E-state index is 12.8. The highest BCUT2D eigenvalue weighted by Crippen LogP contribution is 2.36. The molecule has 1 aliphatic rings. The van der Waals surface area contributed by atoms with Gasteiger partial charge in [0.05, 0.1) is 8.68 Å². The fraction of sp³-hybridized carbons (Fsp3) is 0.692. The summed E-state index contributed by atoms with van der Waals surface area (Å²) in [5.41, 5.74) is 0. The molecule has 1 aromatic rings. The molecule has 108 valence electrons. The molecule has 1 saturated carbocycles. The smallest absolute Gasteiger partial charge is 0.207 e. The minimum atomic E-state index is -3.33. The zero-order valence-corrected chi connectivity index (χ0v) is 14.7. The van der Waals surface area contributed by atoms with E-state index < -0.39 is 10.0 Å². The second-order valence-corrected chi connectivity index (χ2v) is 9.99. The van der Waals surface area contributed by atoms with Gasteiger partial charge >= 0.3 is 0 Å². The first-order valence-electron chi connectivity index (χ1n) is 6.60. The minimum absolute atomic E-state index is 0.224. The molecular formula is C13H20BrNO2S2. The molecule has 0 radical (unpaired) electrons. The van der Waals surface area contributed by atoms with Crippen LogP contribution in [0, 0.1) is 12.8 Å². The van der Waals surface area contributed by atoms with Gasteiger partial charge in [-0.3, -0.25) is 0 Å². The van der Waals surface area contributed by atoms with Crippen LogP contribution in [0.15, 0.2) is 14.7 Å². The first-order valence-corrected chi connectivity index (χ1v) is 9.65. The quantitative estimate of drug-likeness (QED) is 0.763. The van der Waals surface area contributed by atoms with Gasteiger partial charge in [-0.05, 0) is 54.1 Å². The van der Waals surface area contributed by atoms with Crippen LogP contribution in [0.5, 0.6) is 0 Å². The molecule has 1 heterocycles. The second kappa shape index (κ2) is 5.84. The van der Waals surface area contributed by atoms with Crippen LogP contribution in [0.3, 0.4) is 0 Å². The lowest BCUT2D eigenvalue weighted by Gasteiger charge is -2.22. The first kappa shape index (κ1) is 15.5. The third kappa shape index (κ3) is 3.60. The van der Waals surface area contributed by atoms with Crippen molar-refractivity contribution in [3.05, 3.63) is 14.7 Å². The van der Waals surface area contributed by atoms with E-state index in [1.165, 1.54) is 11.3 Å². The first-order chi connectivity index (χ1) is 8.82. The van der Waals surface area contributed by atoms with Crippen molar-refractivity contribution in [3.8, 4) is 0 Å². The highest BCUT2D eigenvalue weighted by Gasteiger charge is 2.38. The molecule has 0 atom stereocenters. The summed E-state index contributed by atoms with van der Waals surface area (Å²) in [6, 6.07) is 1.96. The molecule has 3 nitrogen and oxygen atoms in total. The van der Waals surface area contributed by atoms with Crippen LogP contribution in [0.25, 0.3) is 0 Å². The van der Waals surface area contributed by atoms with Crippen LogP contribution in [0.1, 0.15) is 38.0 Å². The van der Waals surface area contributed by atoms with E-state index in [0.29, 0.717) is 17.4 Å². The fourth-order valence-corrected chi connectivity index (χ4v) is 6.15. The number of rotatable bonds is 6. The van der Waals surface area contributed by atoms with Crippen LogP contribution in [0.2, 0.25) is 0 Å². The lowest BCUT2D eigenvalue weighted by Crippen LogP contribution is -2.34. The monoisotopic (exact) mass is 365 g/mol. The van der Waals surface area contributed by atoms with Gasteiger partial charge < -0.3 is 0 Å². The Morgan fingerprint density at radius 3 is 2.53 bits per heavy atom. The number of nitrogens with zero attached hydrogens (tertiary/aromatic N) is 1. The SMILES string of the molecule is Cc1sc(Br)cc1S(=O)(=O)N(CCC(C)C)C1CC1. The number of aryl methyl sites for hydroxylation is 1. The van der Waals surface area contributed by atoms with Crippen molar-refractivity contribution in [2.75, 3.05) is 6.54 Å². The van der Waals surface area contributed by atoms with E-state index in [1.807, 2.05) is 6.92 Å². The van der Waals surface area contributed by atoms with Crippen LogP contribution in [-0.2, 0) is 10.0 Å². The predicted molar refractivity (Wildman–Crippen MR) is 83.1 cm³/mol. The third-order valence-corrected chi connectivity index (χ3v) is 7.07. The lowest BCUT2D eigenvalue weighted by molar-refractivity contribution is 0.373. The van der Waals surface area contributed by atoms with Crippen molar-refractivity contribution in [1.29, 1.82) is 0 Å². The molecule has 1 aliphatic carbocycles. The van der Waals surface area contributed by atoms with E-state index in [4.69, 9.17) is 0 Å². The summed E-state index contributed by atoms with van der Waals surface area (Å²) in [5.74, 6) is 0.520. The van der Waals surface area contributed by atoms with Crippen LogP contribution >= 0.6 is 27.3 Å². The molecule has 0 aromatic carbocycles. The topological polar surface area (TPSA) is 37.4 Å². The predicted octanol–water partition coefficient (Wildman–Crippen LogP) is 4.02. The third-order valence-electron chi connectivity index (χ3n) is 3.31. The van der Waals surface area contributed by atoms with E-state index in [-0.39, 0.29) is 6.04 Å². The van der Waals surface area contributed by atoms with Crippen molar-refractivity contribution < 1.29 is 8.42 Å². The highest BCUT2D eigenvalue weighted by atomic mass is 79.9. The Morgan fingerprint density at radius 2 is 2.11 bits per heavy atom. The van der Waals surface area contributed by atoms with E-state index in [0.717, 1.165) is 27.9 Å². The van der Waals surface area contributed by atoms with Gasteiger partial charge in [-0.15, -0.1) is 11.3 Å². The normalized spacial score (nSPS) is 16.5. The summed E-state index contributed by atoms with van der Waals surface area (Å²) in [4.78, 5) is 1.34. The van der Waals surface area contributed by atoms with Crippen molar-refractivity contribution >= 4 is 37.3 Å². The number of thiophene rings is 1. The fourth-order valence-electron chi connectivity index (χ4n) is 2.06. The average molecular weight is 366 g/mol. The highest BCUT2D eigenvalue weighted by molar-refractivity contribution is 9.11. The van der Waals surface area contributed by atoms with E-state index in [9.17, 15) is 8.42 Å². The van der Waals surface area contributed by atoms with Crippen molar-refractivity contribution in [2.45, 2.75) is 51.0 Å². The Morgan fingerprint density at radius 1 is 1.47 bits per heavy atom. The Bertz CT molecular complexity index is 547.